The van der Waals surface area contributed by atoms with Gasteiger partial charge in [-0.3, -0.25) is 0 Å². The summed E-state index contributed by atoms with van der Waals surface area (Å²) in [5.74, 6) is 0. The second-order valence-corrected chi connectivity index (χ2v) is 4.80. The summed E-state index contributed by atoms with van der Waals surface area (Å²) in [6.45, 7) is 8.18. The van der Waals surface area contributed by atoms with Gasteiger partial charge in [-0.25, -0.2) is 0 Å². The summed E-state index contributed by atoms with van der Waals surface area (Å²) in [6.07, 6.45) is 10.9. The van der Waals surface area contributed by atoms with Gasteiger partial charge in [0.1, 0.15) is 0 Å². The van der Waals surface area contributed by atoms with Crippen molar-refractivity contribution in [2.45, 2.75) is 78.6 Å². The summed E-state index contributed by atoms with van der Waals surface area (Å²) in [7, 11) is 0. The molecule has 0 heterocycles. The van der Waals surface area contributed by atoms with E-state index in [4.69, 9.17) is 0 Å². The van der Waals surface area contributed by atoms with Crippen molar-refractivity contribution >= 4 is 0 Å². The third-order valence-electron chi connectivity index (χ3n) is 3.36. The first kappa shape index (κ1) is 15.0. The van der Waals surface area contributed by atoms with Crippen molar-refractivity contribution < 1.29 is 5.11 Å². The third-order valence-corrected chi connectivity index (χ3v) is 3.36. The Morgan fingerprint density at radius 3 is 1.33 bits per heavy atom. The van der Waals surface area contributed by atoms with Crippen molar-refractivity contribution in [1.82, 2.24) is 0 Å². The minimum Gasteiger partial charge on any atom is -0.390 e. The highest BCUT2D eigenvalue weighted by Crippen LogP contribution is 2.38. The Morgan fingerprint density at radius 1 is 0.800 bits per heavy atom. The lowest BCUT2D eigenvalue weighted by Gasteiger charge is -2.31. The summed E-state index contributed by atoms with van der Waals surface area (Å²) < 4.78 is 0. The van der Waals surface area contributed by atoms with Gasteiger partial charge in [-0.15, -0.1) is 0 Å². The van der Waals surface area contributed by atoms with Crippen LogP contribution in [0.3, 0.4) is 0 Å². The molecule has 0 aliphatic carbocycles. The monoisotopic (exact) mass is 213 g/mol. The molecule has 0 saturated heterocycles. The molecule has 0 aromatic rings. The zero-order chi connectivity index (χ0) is 11.6. The van der Waals surface area contributed by atoms with Gasteiger partial charge in [0.25, 0.3) is 0 Å². The Kier molecular flexibility index (Phi) is 9.18. The smallest absolute Gasteiger partial charge is 0.0860 e. The van der Waals surface area contributed by atoms with Crippen molar-refractivity contribution in [3.63, 3.8) is 0 Å². The molecule has 0 aliphatic heterocycles. The molecule has 0 amide bonds. The first-order chi connectivity index (χ1) is 7.24. The van der Waals surface area contributed by atoms with Gasteiger partial charge in [-0.1, -0.05) is 59.3 Å². The highest BCUT2D eigenvalue weighted by Gasteiger charge is 2.27. The number of unbranched alkanes of at least 4 members (excludes halogenated alkanes) is 3. The van der Waals surface area contributed by atoms with Crippen molar-refractivity contribution in [2.24, 2.45) is 5.41 Å². The van der Waals surface area contributed by atoms with Crippen molar-refractivity contribution in [3.05, 3.63) is 6.61 Å². The van der Waals surface area contributed by atoms with E-state index in [0.717, 1.165) is 0 Å². The highest BCUT2D eigenvalue weighted by molar-refractivity contribution is 4.85. The Morgan fingerprint density at radius 2 is 1.13 bits per heavy atom. The molecule has 0 aromatic heterocycles. The van der Waals surface area contributed by atoms with E-state index in [-0.39, 0.29) is 5.41 Å². The van der Waals surface area contributed by atoms with E-state index in [2.05, 4.69) is 20.8 Å². The van der Waals surface area contributed by atoms with Crippen LogP contribution in [0.25, 0.3) is 0 Å². The Labute approximate surface area is 96.3 Å². The lowest BCUT2D eigenvalue weighted by molar-refractivity contribution is 0.152. The molecular weight excluding hydrogens is 184 g/mol. The first-order valence-corrected chi connectivity index (χ1v) is 6.73. The van der Waals surface area contributed by atoms with Gasteiger partial charge in [0, 0.05) is 0 Å². The van der Waals surface area contributed by atoms with Crippen LogP contribution in [0.1, 0.15) is 78.6 Å². The molecule has 1 nitrogen and oxygen atoms in total. The molecule has 0 saturated carbocycles. The predicted molar refractivity (Wildman–Crippen MR) is 67.2 cm³/mol. The number of hydrogen-bond donors (Lipinski definition) is 1. The van der Waals surface area contributed by atoms with Gasteiger partial charge in [0.15, 0.2) is 0 Å². The minimum absolute atomic E-state index is 0.127. The average Bonchev–Trinajstić information content (AvgIpc) is 2.29. The van der Waals surface area contributed by atoms with E-state index >= 15 is 0 Å². The quantitative estimate of drug-likeness (QED) is 0.536. The Balaban J connectivity index is 4.16. The Hall–Kier alpha value is -0.0400. The number of aliphatic hydroxyl groups is 1. The van der Waals surface area contributed by atoms with Crippen molar-refractivity contribution in [1.29, 1.82) is 0 Å². The van der Waals surface area contributed by atoms with Crippen LogP contribution in [0.15, 0.2) is 0 Å². The summed E-state index contributed by atoms with van der Waals surface area (Å²) in [4.78, 5) is 0. The van der Waals surface area contributed by atoms with Crippen LogP contribution in [0.4, 0.5) is 0 Å². The zero-order valence-electron chi connectivity index (χ0n) is 10.9. The van der Waals surface area contributed by atoms with Gasteiger partial charge < -0.3 is 5.11 Å². The van der Waals surface area contributed by atoms with Gasteiger partial charge in [0.2, 0.25) is 0 Å². The molecule has 0 unspecified atom stereocenters. The van der Waals surface area contributed by atoms with Gasteiger partial charge in [-0.05, 0) is 24.7 Å². The lowest BCUT2D eigenvalue weighted by Crippen LogP contribution is -2.21. The maximum Gasteiger partial charge on any atom is 0.0860 e. The fourth-order valence-electron chi connectivity index (χ4n) is 2.16. The second kappa shape index (κ2) is 9.21. The van der Waals surface area contributed by atoms with Crippen LogP contribution in [-0.4, -0.2) is 5.11 Å². The van der Waals surface area contributed by atoms with Crippen LogP contribution in [0, 0.1) is 12.0 Å². The van der Waals surface area contributed by atoms with Crippen LogP contribution >= 0.6 is 0 Å². The van der Waals surface area contributed by atoms with Gasteiger partial charge >= 0.3 is 0 Å². The van der Waals surface area contributed by atoms with E-state index in [1.807, 2.05) is 0 Å². The van der Waals surface area contributed by atoms with E-state index in [1.54, 1.807) is 0 Å². The predicted octanol–water partition coefficient (Wildman–Crippen LogP) is 5.08. The molecule has 1 heteroatoms. The normalized spacial score (nSPS) is 12.0. The second-order valence-electron chi connectivity index (χ2n) is 4.80. The third kappa shape index (κ3) is 6.19. The van der Waals surface area contributed by atoms with Crippen LogP contribution in [0.5, 0.6) is 0 Å². The van der Waals surface area contributed by atoms with E-state index < -0.39 is 0 Å². The van der Waals surface area contributed by atoms with Crippen LogP contribution < -0.4 is 0 Å². The lowest BCUT2D eigenvalue weighted by atomic mass is 9.75. The molecule has 0 atom stereocenters. The van der Waals surface area contributed by atoms with E-state index in [1.165, 1.54) is 64.4 Å². The summed E-state index contributed by atoms with van der Waals surface area (Å²) >= 11 is 0. The highest BCUT2D eigenvalue weighted by atomic mass is 16.3. The maximum atomic E-state index is 9.53. The van der Waals surface area contributed by atoms with Crippen LogP contribution in [0.2, 0.25) is 0 Å². The number of hydrogen-bond acceptors (Lipinski definition) is 1. The standard InChI is InChI=1S/C14H29O/c1-4-7-10-14(13-15,11-8-5-2)12-9-6-3/h13,15H,4-12H2,1-3H3. The summed E-state index contributed by atoms with van der Waals surface area (Å²) in [6, 6.07) is 0. The molecular formula is C14H29O. The minimum atomic E-state index is 0.127. The van der Waals surface area contributed by atoms with E-state index in [0.29, 0.717) is 0 Å². The molecule has 0 aromatic carbocycles. The summed E-state index contributed by atoms with van der Waals surface area (Å²) in [5, 5.41) is 9.53. The Bertz CT molecular complexity index is 110. The molecule has 0 bridgehead atoms. The molecule has 91 valence electrons. The van der Waals surface area contributed by atoms with Gasteiger partial charge in [0.05, 0.1) is 6.61 Å². The van der Waals surface area contributed by atoms with Crippen molar-refractivity contribution in [3.8, 4) is 0 Å². The average molecular weight is 213 g/mol. The van der Waals surface area contributed by atoms with Crippen molar-refractivity contribution in [2.75, 3.05) is 0 Å². The maximum absolute atomic E-state index is 9.53. The fraction of sp³-hybridized carbons (Fsp3) is 0.929. The SMILES string of the molecule is CCCCC([CH]O)(CCCC)CCCC. The van der Waals surface area contributed by atoms with E-state index in [9.17, 15) is 5.11 Å². The molecule has 0 spiro atoms. The zero-order valence-corrected chi connectivity index (χ0v) is 10.9. The molecule has 15 heavy (non-hydrogen) atoms. The summed E-state index contributed by atoms with van der Waals surface area (Å²) in [5.41, 5.74) is 0.127. The molecule has 0 rings (SSSR count). The number of rotatable bonds is 10. The van der Waals surface area contributed by atoms with Gasteiger partial charge in [-0.2, -0.15) is 0 Å². The number of aliphatic hydroxyl groups excluding tert-OH is 1. The topological polar surface area (TPSA) is 20.2 Å². The molecule has 0 aliphatic rings. The molecule has 1 radical (unpaired) electrons. The first-order valence-electron chi connectivity index (χ1n) is 6.73. The fourth-order valence-corrected chi connectivity index (χ4v) is 2.16. The largest absolute Gasteiger partial charge is 0.390 e. The molecule has 1 N–H and O–H groups in total. The van der Waals surface area contributed by atoms with Crippen LogP contribution in [-0.2, 0) is 0 Å². The molecule has 0 fully saturated rings.